The van der Waals surface area contributed by atoms with Gasteiger partial charge in [-0.15, -0.1) is 10.2 Å². The molecule has 1 saturated heterocycles. The summed E-state index contributed by atoms with van der Waals surface area (Å²) in [5.74, 6) is -0.136. The zero-order chi connectivity index (χ0) is 24.9. The van der Waals surface area contributed by atoms with E-state index in [1.54, 1.807) is 12.7 Å². The summed E-state index contributed by atoms with van der Waals surface area (Å²) in [4.78, 5) is 20.7. The molecule has 36 heavy (non-hydrogen) atoms. The fourth-order valence-corrected chi connectivity index (χ4v) is 5.43. The SMILES string of the molecule is CCC(C(=O)OC)N1CCN(CCCc2c[nH]c3ccc(-n4cnnc4)cc23)C(c2ccccc2)C1. The Balaban J connectivity index is 1.29. The second-order valence-corrected chi connectivity index (χ2v) is 9.42. The van der Waals surface area contributed by atoms with E-state index in [0.29, 0.717) is 0 Å². The summed E-state index contributed by atoms with van der Waals surface area (Å²) in [6.45, 7) is 5.68. The molecule has 0 radical (unpaired) electrons. The number of aromatic amines is 1. The number of fused-ring (bicyclic) bond motifs is 1. The summed E-state index contributed by atoms with van der Waals surface area (Å²) in [7, 11) is 1.48. The molecule has 8 nitrogen and oxygen atoms in total. The quantitative estimate of drug-likeness (QED) is 0.361. The number of hydrogen-bond acceptors (Lipinski definition) is 6. The molecule has 2 aromatic heterocycles. The van der Waals surface area contributed by atoms with Crippen molar-refractivity contribution >= 4 is 16.9 Å². The van der Waals surface area contributed by atoms with Crippen LogP contribution < -0.4 is 0 Å². The standard InChI is InChI=1S/C28H34N6O2/c1-3-26(28(35)36-2)33-15-14-32(27(18-33)21-8-5-4-6-9-21)13-7-10-22-17-29-25-12-11-23(16-24(22)25)34-19-30-31-20-34/h4-6,8-9,11-12,16-17,19-20,26-27,29H,3,7,10,13-15,18H2,1-2H3. The van der Waals surface area contributed by atoms with E-state index in [-0.39, 0.29) is 18.1 Å². The molecule has 1 fully saturated rings. The van der Waals surface area contributed by atoms with Crippen molar-refractivity contribution in [2.24, 2.45) is 0 Å². The van der Waals surface area contributed by atoms with Crippen LogP contribution in [0.5, 0.6) is 0 Å². The number of esters is 1. The first-order valence-electron chi connectivity index (χ1n) is 12.7. The molecule has 2 atom stereocenters. The van der Waals surface area contributed by atoms with Gasteiger partial charge in [-0.3, -0.25) is 19.2 Å². The van der Waals surface area contributed by atoms with Gasteiger partial charge < -0.3 is 9.72 Å². The third kappa shape index (κ3) is 5.05. The van der Waals surface area contributed by atoms with E-state index >= 15 is 0 Å². The van der Waals surface area contributed by atoms with Crippen molar-refractivity contribution in [1.29, 1.82) is 0 Å². The van der Waals surface area contributed by atoms with Gasteiger partial charge in [-0.2, -0.15) is 0 Å². The number of nitrogens with zero attached hydrogens (tertiary/aromatic N) is 5. The highest BCUT2D eigenvalue weighted by molar-refractivity contribution is 5.85. The minimum absolute atomic E-state index is 0.136. The van der Waals surface area contributed by atoms with Gasteiger partial charge in [0, 0.05) is 48.5 Å². The minimum atomic E-state index is -0.186. The fraction of sp³-hybridized carbons (Fsp3) is 0.393. The van der Waals surface area contributed by atoms with Crippen LogP contribution in [0.2, 0.25) is 0 Å². The van der Waals surface area contributed by atoms with Crippen LogP contribution in [0.15, 0.2) is 67.4 Å². The number of aryl methyl sites for hydroxylation is 1. The molecule has 0 aliphatic carbocycles. The van der Waals surface area contributed by atoms with Crippen LogP contribution in [0, 0.1) is 0 Å². The van der Waals surface area contributed by atoms with Gasteiger partial charge in [0.25, 0.3) is 0 Å². The molecule has 188 valence electrons. The molecule has 1 aliphatic heterocycles. The van der Waals surface area contributed by atoms with Gasteiger partial charge in [0.15, 0.2) is 0 Å². The largest absolute Gasteiger partial charge is 0.468 e. The second-order valence-electron chi connectivity index (χ2n) is 9.42. The third-order valence-corrected chi connectivity index (χ3v) is 7.37. The van der Waals surface area contributed by atoms with E-state index in [2.05, 4.69) is 86.6 Å². The average molecular weight is 487 g/mol. The number of methoxy groups -OCH3 is 1. The van der Waals surface area contributed by atoms with Crippen LogP contribution in [-0.2, 0) is 16.0 Å². The van der Waals surface area contributed by atoms with Crippen LogP contribution in [0.1, 0.15) is 36.9 Å². The highest BCUT2D eigenvalue weighted by Gasteiger charge is 2.34. The number of rotatable bonds is 9. The Hall–Kier alpha value is -3.49. The summed E-state index contributed by atoms with van der Waals surface area (Å²) in [6, 6.07) is 17.1. The first kappa shape index (κ1) is 24.2. The minimum Gasteiger partial charge on any atom is -0.468 e. The summed E-state index contributed by atoms with van der Waals surface area (Å²) >= 11 is 0. The molecule has 4 aromatic rings. The molecule has 1 N–H and O–H groups in total. The van der Waals surface area contributed by atoms with Gasteiger partial charge in [0.05, 0.1) is 7.11 Å². The van der Waals surface area contributed by atoms with Gasteiger partial charge in [0.2, 0.25) is 0 Å². The Kier molecular flexibility index (Phi) is 7.44. The fourth-order valence-electron chi connectivity index (χ4n) is 5.43. The molecule has 2 aromatic carbocycles. The highest BCUT2D eigenvalue weighted by atomic mass is 16.5. The Morgan fingerprint density at radius 1 is 1.14 bits per heavy atom. The molecule has 0 amide bonds. The maximum Gasteiger partial charge on any atom is 0.323 e. The maximum absolute atomic E-state index is 12.4. The predicted molar refractivity (Wildman–Crippen MR) is 140 cm³/mol. The molecule has 5 rings (SSSR count). The number of benzene rings is 2. The van der Waals surface area contributed by atoms with Crippen molar-refractivity contribution in [3.05, 3.63) is 78.5 Å². The van der Waals surface area contributed by atoms with Crippen LogP contribution in [0.4, 0.5) is 0 Å². The predicted octanol–water partition coefficient (Wildman–Crippen LogP) is 3.99. The van der Waals surface area contributed by atoms with E-state index < -0.39 is 0 Å². The van der Waals surface area contributed by atoms with Crippen molar-refractivity contribution in [1.82, 2.24) is 29.5 Å². The van der Waals surface area contributed by atoms with Crippen LogP contribution in [-0.4, -0.2) is 74.8 Å². The van der Waals surface area contributed by atoms with E-state index in [4.69, 9.17) is 4.74 Å². The topological polar surface area (TPSA) is 79.3 Å². The Morgan fingerprint density at radius 2 is 1.94 bits per heavy atom. The molecular formula is C28H34N6O2. The Labute approximate surface area is 211 Å². The van der Waals surface area contributed by atoms with Crippen molar-refractivity contribution in [3.8, 4) is 5.69 Å². The van der Waals surface area contributed by atoms with Crippen molar-refractivity contribution in [2.75, 3.05) is 33.3 Å². The Morgan fingerprint density at radius 3 is 2.69 bits per heavy atom. The number of aromatic nitrogens is 4. The first-order chi connectivity index (χ1) is 17.7. The molecule has 0 bridgehead atoms. The van der Waals surface area contributed by atoms with Crippen LogP contribution in [0.3, 0.4) is 0 Å². The smallest absolute Gasteiger partial charge is 0.323 e. The summed E-state index contributed by atoms with van der Waals surface area (Å²) in [6.07, 6.45) is 8.38. The Bertz CT molecular complexity index is 1270. The van der Waals surface area contributed by atoms with Gasteiger partial charge in [-0.25, -0.2) is 0 Å². The van der Waals surface area contributed by atoms with Crippen molar-refractivity contribution in [2.45, 2.75) is 38.3 Å². The van der Waals surface area contributed by atoms with Gasteiger partial charge in [-0.05, 0) is 55.1 Å². The van der Waals surface area contributed by atoms with E-state index in [9.17, 15) is 4.79 Å². The number of piperazine rings is 1. The van der Waals surface area contributed by atoms with Gasteiger partial charge >= 0.3 is 5.97 Å². The number of hydrogen-bond donors (Lipinski definition) is 1. The van der Waals surface area contributed by atoms with Crippen LogP contribution in [0.25, 0.3) is 16.6 Å². The third-order valence-electron chi connectivity index (χ3n) is 7.37. The molecule has 1 aliphatic rings. The molecule has 3 heterocycles. The van der Waals surface area contributed by atoms with E-state index in [0.717, 1.165) is 56.6 Å². The average Bonchev–Trinajstić information content (AvgIpc) is 3.60. The molecule has 0 spiro atoms. The normalized spacial score (nSPS) is 17.9. The molecule has 0 saturated carbocycles. The highest BCUT2D eigenvalue weighted by Crippen LogP contribution is 2.28. The summed E-state index contributed by atoms with van der Waals surface area (Å²) in [5.41, 5.74) is 4.83. The monoisotopic (exact) mass is 486 g/mol. The summed E-state index contributed by atoms with van der Waals surface area (Å²) in [5, 5.41) is 9.10. The molecule has 8 heteroatoms. The number of H-pyrrole nitrogens is 1. The van der Waals surface area contributed by atoms with E-state index in [1.165, 1.54) is 23.6 Å². The molecular weight excluding hydrogens is 452 g/mol. The lowest BCUT2D eigenvalue weighted by Crippen LogP contribution is -2.54. The van der Waals surface area contributed by atoms with Gasteiger partial charge in [0.1, 0.15) is 18.7 Å². The summed E-state index contributed by atoms with van der Waals surface area (Å²) < 4.78 is 7.02. The van der Waals surface area contributed by atoms with Gasteiger partial charge in [-0.1, -0.05) is 37.3 Å². The number of nitrogens with one attached hydrogen (secondary N) is 1. The second kappa shape index (κ2) is 11.1. The first-order valence-corrected chi connectivity index (χ1v) is 12.7. The lowest BCUT2D eigenvalue weighted by molar-refractivity contribution is -0.148. The zero-order valence-corrected chi connectivity index (χ0v) is 21.0. The van der Waals surface area contributed by atoms with Crippen molar-refractivity contribution < 1.29 is 9.53 Å². The molecule has 2 unspecified atom stereocenters. The number of carbonyl (C=O) groups excluding carboxylic acids is 1. The van der Waals surface area contributed by atoms with E-state index in [1.807, 2.05) is 4.57 Å². The lowest BCUT2D eigenvalue weighted by Gasteiger charge is -2.44. The number of carbonyl (C=O) groups is 1. The zero-order valence-electron chi connectivity index (χ0n) is 21.0. The maximum atomic E-state index is 12.4. The number of ether oxygens (including phenoxy) is 1. The van der Waals surface area contributed by atoms with Crippen LogP contribution >= 0.6 is 0 Å². The lowest BCUT2D eigenvalue weighted by atomic mass is 9.99. The van der Waals surface area contributed by atoms with Crippen molar-refractivity contribution in [3.63, 3.8) is 0 Å².